The van der Waals surface area contributed by atoms with Gasteiger partial charge in [0.15, 0.2) is 0 Å². The van der Waals surface area contributed by atoms with Gasteiger partial charge in [-0.15, -0.1) is 24.8 Å². The maximum Gasteiger partial charge on any atom is 0.0465 e. The molecule has 0 saturated carbocycles. The fourth-order valence-corrected chi connectivity index (χ4v) is 1.47. The molecule has 1 aromatic carbocycles. The molecule has 0 spiro atoms. The van der Waals surface area contributed by atoms with E-state index in [1.807, 2.05) is 12.1 Å². The summed E-state index contributed by atoms with van der Waals surface area (Å²) in [6, 6.07) is 5.48. The number of nitrogens with one attached hydrogen (secondary N) is 1. The summed E-state index contributed by atoms with van der Waals surface area (Å²) in [6.45, 7) is 2.15. The van der Waals surface area contributed by atoms with E-state index in [4.69, 9.17) is 28.9 Å². The first-order valence-corrected chi connectivity index (χ1v) is 4.84. The molecule has 0 unspecified atom stereocenters. The van der Waals surface area contributed by atoms with Gasteiger partial charge in [0.1, 0.15) is 0 Å². The summed E-state index contributed by atoms with van der Waals surface area (Å²) in [7, 11) is 0. The lowest BCUT2D eigenvalue weighted by molar-refractivity contribution is 0.695. The smallest absolute Gasteiger partial charge is 0.0465 e. The van der Waals surface area contributed by atoms with Crippen LogP contribution in [0.1, 0.15) is 5.56 Å². The van der Waals surface area contributed by atoms with Crippen LogP contribution in [0.15, 0.2) is 18.2 Å². The second kappa shape index (κ2) is 9.52. The molecule has 88 valence electrons. The summed E-state index contributed by atoms with van der Waals surface area (Å²) in [6.07, 6.45) is 0. The molecular formula is C9H14Cl4N2. The highest BCUT2D eigenvalue weighted by Gasteiger charge is 1.99. The van der Waals surface area contributed by atoms with Gasteiger partial charge < -0.3 is 11.1 Å². The Balaban J connectivity index is 0. The van der Waals surface area contributed by atoms with E-state index in [1.165, 1.54) is 0 Å². The highest BCUT2D eigenvalue weighted by atomic mass is 35.5. The molecule has 0 saturated heterocycles. The highest BCUT2D eigenvalue weighted by molar-refractivity contribution is 6.35. The first kappa shape index (κ1) is 17.7. The van der Waals surface area contributed by atoms with Crippen molar-refractivity contribution in [3.63, 3.8) is 0 Å². The fraction of sp³-hybridized carbons (Fsp3) is 0.333. The largest absolute Gasteiger partial charge is 0.329 e. The Hall–Kier alpha value is 0.300. The summed E-state index contributed by atoms with van der Waals surface area (Å²) in [5, 5.41) is 4.51. The molecule has 0 amide bonds. The van der Waals surface area contributed by atoms with Crippen molar-refractivity contribution in [2.75, 3.05) is 13.1 Å². The molecule has 0 radical (unpaired) electrons. The Morgan fingerprint density at radius 3 is 2.40 bits per heavy atom. The lowest BCUT2D eigenvalue weighted by atomic mass is 10.2. The predicted octanol–water partition coefficient (Wildman–Crippen LogP) is 2.89. The van der Waals surface area contributed by atoms with Gasteiger partial charge in [0.25, 0.3) is 0 Å². The van der Waals surface area contributed by atoms with Crippen LogP contribution < -0.4 is 11.1 Å². The van der Waals surface area contributed by atoms with Crippen molar-refractivity contribution in [3.8, 4) is 0 Å². The van der Waals surface area contributed by atoms with E-state index < -0.39 is 0 Å². The minimum Gasteiger partial charge on any atom is -0.329 e. The quantitative estimate of drug-likeness (QED) is 0.837. The molecule has 0 heterocycles. The van der Waals surface area contributed by atoms with Crippen molar-refractivity contribution in [3.05, 3.63) is 33.8 Å². The van der Waals surface area contributed by atoms with Crippen LogP contribution in [0.25, 0.3) is 0 Å². The Morgan fingerprint density at radius 2 is 1.87 bits per heavy atom. The van der Waals surface area contributed by atoms with Gasteiger partial charge in [0, 0.05) is 29.7 Å². The molecule has 0 aromatic heterocycles. The lowest BCUT2D eigenvalue weighted by Gasteiger charge is -2.05. The van der Waals surface area contributed by atoms with Gasteiger partial charge in [0.2, 0.25) is 0 Å². The Labute approximate surface area is 112 Å². The SMILES string of the molecule is Cl.Cl.NCCNCc1ccc(Cl)cc1Cl. The summed E-state index contributed by atoms with van der Waals surface area (Å²) in [4.78, 5) is 0. The van der Waals surface area contributed by atoms with Gasteiger partial charge in [-0.2, -0.15) is 0 Å². The van der Waals surface area contributed by atoms with Crippen LogP contribution >= 0.6 is 48.0 Å². The lowest BCUT2D eigenvalue weighted by Crippen LogP contribution is -2.21. The zero-order valence-electron chi connectivity index (χ0n) is 8.00. The summed E-state index contributed by atoms with van der Waals surface area (Å²) < 4.78 is 0. The zero-order chi connectivity index (χ0) is 9.68. The molecule has 0 fully saturated rings. The average Bonchev–Trinajstić information content (AvgIpc) is 2.09. The number of rotatable bonds is 4. The first-order chi connectivity index (χ1) is 6.24. The van der Waals surface area contributed by atoms with Crippen molar-refractivity contribution in [1.29, 1.82) is 0 Å². The zero-order valence-corrected chi connectivity index (χ0v) is 11.1. The number of hydrogen-bond acceptors (Lipinski definition) is 2. The third kappa shape index (κ3) is 6.46. The second-order valence-corrected chi connectivity index (χ2v) is 3.54. The van der Waals surface area contributed by atoms with E-state index in [9.17, 15) is 0 Å². The number of nitrogens with two attached hydrogens (primary N) is 1. The van der Waals surface area contributed by atoms with E-state index in [2.05, 4.69) is 5.32 Å². The minimum absolute atomic E-state index is 0. The number of halogens is 4. The van der Waals surface area contributed by atoms with E-state index in [0.29, 0.717) is 16.6 Å². The van der Waals surface area contributed by atoms with Crippen LogP contribution in [0, 0.1) is 0 Å². The van der Waals surface area contributed by atoms with Crippen molar-refractivity contribution in [1.82, 2.24) is 5.32 Å². The van der Waals surface area contributed by atoms with Crippen LogP contribution in [-0.4, -0.2) is 13.1 Å². The fourth-order valence-electron chi connectivity index (χ4n) is 0.990. The average molecular weight is 292 g/mol. The van der Waals surface area contributed by atoms with E-state index in [0.717, 1.165) is 18.7 Å². The molecule has 2 nitrogen and oxygen atoms in total. The molecule has 1 rings (SSSR count). The topological polar surface area (TPSA) is 38.0 Å². The third-order valence-electron chi connectivity index (χ3n) is 1.65. The number of benzene rings is 1. The molecular weight excluding hydrogens is 278 g/mol. The van der Waals surface area contributed by atoms with Crippen LogP contribution in [0.5, 0.6) is 0 Å². The van der Waals surface area contributed by atoms with E-state index in [-0.39, 0.29) is 24.8 Å². The highest BCUT2D eigenvalue weighted by Crippen LogP contribution is 2.20. The normalized spacial score (nSPS) is 9.00. The van der Waals surface area contributed by atoms with Gasteiger partial charge >= 0.3 is 0 Å². The van der Waals surface area contributed by atoms with Gasteiger partial charge in [-0.1, -0.05) is 29.3 Å². The summed E-state index contributed by atoms with van der Waals surface area (Å²) in [5.74, 6) is 0. The van der Waals surface area contributed by atoms with Crippen molar-refractivity contribution in [2.45, 2.75) is 6.54 Å². The molecule has 15 heavy (non-hydrogen) atoms. The van der Waals surface area contributed by atoms with Crippen molar-refractivity contribution >= 4 is 48.0 Å². The maximum atomic E-state index is 5.95. The van der Waals surface area contributed by atoms with Crippen LogP contribution in [0.2, 0.25) is 10.0 Å². The molecule has 0 aliphatic heterocycles. The molecule has 0 bridgehead atoms. The molecule has 0 atom stereocenters. The molecule has 3 N–H and O–H groups in total. The molecule has 1 aromatic rings. The van der Waals surface area contributed by atoms with Crippen LogP contribution in [0.4, 0.5) is 0 Å². The summed E-state index contributed by atoms with van der Waals surface area (Å²) in [5.41, 5.74) is 6.38. The molecule has 0 aliphatic carbocycles. The molecule has 0 aliphatic rings. The predicted molar refractivity (Wildman–Crippen MR) is 71.7 cm³/mol. The van der Waals surface area contributed by atoms with Crippen molar-refractivity contribution < 1.29 is 0 Å². The maximum absolute atomic E-state index is 5.95. The summed E-state index contributed by atoms with van der Waals surface area (Å²) >= 11 is 11.7. The second-order valence-electron chi connectivity index (χ2n) is 2.70. The Bertz CT molecular complexity index is 281. The van der Waals surface area contributed by atoms with Gasteiger partial charge in [-0.25, -0.2) is 0 Å². The van der Waals surface area contributed by atoms with Crippen molar-refractivity contribution in [2.24, 2.45) is 5.73 Å². The van der Waals surface area contributed by atoms with Gasteiger partial charge in [-0.05, 0) is 17.7 Å². The first-order valence-electron chi connectivity index (χ1n) is 4.08. The Kier molecular flexibility index (Phi) is 11.2. The van der Waals surface area contributed by atoms with Crippen LogP contribution in [-0.2, 0) is 6.54 Å². The monoisotopic (exact) mass is 290 g/mol. The van der Waals surface area contributed by atoms with E-state index in [1.54, 1.807) is 6.07 Å². The standard InChI is InChI=1S/C9H12Cl2N2.2ClH/c10-8-2-1-7(9(11)5-8)6-13-4-3-12;;/h1-2,5,13H,3-4,6,12H2;2*1H. The minimum atomic E-state index is 0. The number of hydrogen-bond donors (Lipinski definition) is 2. The Morgan fingerprint density at radius 1 is 1.20 bits per heavy atom. The van der Waals surface area contributed by atoms with Gasteiger partial charge in [-0.3, -0.25) is 0 Å². The van der Waals surface area contributed by atoms with Crippen LogP contribution in [0.3, 0.4) is 0 Å². The third-order valence-corrected chi connectivity index (χ3v) is 2.24. The van der Waals surface area contributed by atoms with E-state index >= 15 is 0 Å². The van der Waals surface area contributed by atoms with Gasteiger partial charge in [0.05, 0.1) is 0 Å². The molecule has 6 heteroatoms.